The summed E-state index contributed by atoms with van der Waals surface area (Å²) in [5.41, 5.74) is 0.417. The highest BCUT2D eigenvalue weighted by Crippen LogP contribution is 2.46. The molecule has 2 fully saturated rings. The Morgan fingerprint density at radius 1 is 1.20 bits per heavy atom. The normalized spacial score (nSPS) is 23.4. The van der Waals surface area contributed by atoms with Gasteiger partial charge in [0.25, 0.3) is 0 Å². The van der Waals surface area contributed by atoms with Gasteiger partial charge in [-0.15, -0.1) is 11.3 Å². The first-order valence-corrected chi connectivity index (χ1v) is 9.57. The Bertz CT molecular complexity index is 563. The zero-order chi connectivity index (χ0) is 14.2. The third kappa shape index (κ3) is 2.43. The molecule has 0 amide bonds. The molecule has 0 radical (unpaired) electrons. The van der Waals surface area contributed by atoms with Crippen LogP contribution in [0.2, 0.25) is 0 Å². The number of rotatable bonds is 3. The SMILES string of the molecule is O=S(=O)(c1ccsc1CO)N1CCC2(CCCC2)CC1. The monoisotopic (exact) mass is 315 g/mol. The molecule has 1 saturated carbocycles. The van der Waals surface area contributed by atoms with E-state index < -0.39 is 10.0 Å². The molecule has 1 N–H and O–H groups in total. The number of hydrogen-bond donors (Lipinski definition) is 1. The summed E-state index contributed by atoms with van der Waals surface area (Å²) in [6, 6.07) is 1.62. The van der Waals surface area contributed by atoms with Crippen molar-refractivity contribution >= 4 is 21.4 Å². The maximum atomic E-state index is 12.7. The van der Waals surface area contributed by atoms with Crippen molar-refractivity contribution < 1.29 is 13.5 Å². The number of aliphatic hydroxyl groups excluding tert-OH is 1. The Hall–Kier alpha value is -0.430. The van der Waals surface area contributed by atoms with E-state index >= 15 is 0 Å². The van der Waals surface area contributed by atoms with Crippen molar-refractivity contribution in [2.75, 3.05) is 13.1 Å². The second kappa shape index (κ2) is 5.40. The Labute approximate surface area is 124 Å². The summed E-state index contributed by atoms with van der Waals surface area (Å²) in [5.74, 6) is 0. The van der Waals surface area contributed by atoms with Crippen molar-refractivity contribution in [3.8, 4) is 0 Å². The van der Waals surface area contributed by atoms with Gasteiger partial charge >= 0.3 is 0 Å². The molecule has 0 unspecified atom stereocenters. The van der Waals surface area contributed by atoms with Crippen LogP contribution >= 0.6 is 11.3 Å². The van der Waals surface area contributed by atoms with Gasteiger partial charge in [-0.2, -0.15) is 4.31 Å². The molecule has 1 aromatic rings. The standard InChI is InChI=1S/C14H21NO3S2/c16-11-12-13(3-10-19-12)20(17,18)15-8-6-14(7-9-15)4-1-2-5-14/h3,10,16H,1-2,4-9,11H2. The van der Waals surface area contributed by atoms with E-state index in [1.54, 1.807) is 15.8 Å². The Balaban J connectivity index is 1.77. The Morgan fingerprint density at radius 2 is 1.85 bits per heavy atom. The molecule has 2 aliphatic rings. The van der Waals surface area contributed by atoms with Crippen LogP contribution in [0.15, 0.2) is 16.3 Å². The third-order valence-corrected chi connectivity index (χ3v) is 7.93. The highest BCUT2D eigenvalue weighted by Gasteiger charge is 2.40. The Kier molecular flexibility index (Phi) is 3.92. The number of nitrogens with zero attached hydrogens (tertiary/aromatic N) is 1. The first-order chi connectivity index (χ1) is 9.57. The second-order valence-corrected chi connectivity index (χ2v) is 8.88. The molecule has 112 valence electrons. The maximum Gasteiger partial charge on any atom is 0.244 e. The van der Waals surface area contributed by atoms with E-state index in [1.807, 2.05) is 0 Å². The number of piperidine rings is 1. The average molecular weight is 315 g/mol. The molecule has 6 heteroatoms. The molecule has 0 aromatic carbocycles. The molecular formula is C14H21NO3S2. The summed E-state index contributed by atoms with van der Waals surface area (Å²) in [5, 5.41) is 11.0. The van der Waals surface area contributed by atoms with Gasteiger partial charge in [0.05, 0.1) is 11.5 Å². The van der Waals surface area contributed by atoms with E-state index in [0.717, 1.165) is 12.8 Å². The first-order valence-electron chi connectivity index (χ1n) is 7.25. The summed E-state index contributed by atoms with van der Waals surface area (Å²) in [6.07, 6.45) is 7.11. The van der Waals surface area contributed by atoms with Gasteiger partial charge in [0.2, 0.25) is 10.0 Å². The highest BCUT2D eigenvalue weighted by molar-refractivity contribution is 7.89. The summed E-state index contributed by atoms with van der Waals surface area (Å²) >= 11 is 1.30. The van der Waals surface area contributed by atoms with Crippen molar-refractivity contribution in [1.82, 2.24) is 4.31 Å². The fourth-order valence-electron chi connectivity index (χ4n) is 3.64. The molecule has 2 heterocycles. The van der Waals surface area contributed by atoms with E-state index in [2.05, 4.69) is 0 Å². The number of sulfonamides is 1. The van der Waals surface area contributed by atoms with Gasteiger partial charge in [0.15, 0.2) is 0 Å². The maximum absolute atomic E-state index is 12.7. The fourth-order valence-corrected chi connectivity index (χ4v) is 6.35. The number of aliphatic hydroxyl groups is 1. The minimum atomic E-state index is -3.42. The predicted molar refractivity (Wildman–Crippen MR) is 79.1 cm³/mol. The summed E-state index contributed by atoms with van der Waals surface area (Å²) in [4.78, 5) is 0.846. The van der Waals surface area contributed by atoms with Gasteiger partial charge in [-0.1, -0.05) is 12.8 Å². The van der Waals surface area contributed by atoms with Crippen molar-refractivity contribution in [3.05, 3.63) is 16.3 Å². The molecule has 4 nitrogen and oxygen atoms in total. The molecule has 1 aliphatic carbocycles. The molecule has 1 spiro atoms. The van der Waals surface area contributed by atoms with E-state index in [-0.39, 0.29) is 6.61 Å². The van der Waals surface area contributed by atoms with Crippen LogP contribution in [0.25, 0.3) is 0 Å². The summed E-state index contributed by atoms with van der Waals surface area (Å²) in [7, 11) is -3.42. The molecule has 1 aromatic heterocycles. The van der Waals surface area contributed by atoms with Crippen molar-refractivity contribution in [2.45, 2.75) is 50.0 Å². The van der Waals surface area contributed by atoms with Crippen LogP contribution in [0.1, 0.15) is 43.4 Å². The quantitative estimate of drug-likeness (QED) is 0.932. The topological polar surface area (TPSA) is 57.6 Å². The molecule has 20 heavy (non-hydrogen) atoms. The zero-order valence-corrected chi connectivity index (χ0v) is 13.2. The third-order valence-electron chi connectivity index (χ3n) is 4.91. The number of thiophene rings is 1. The van der Waals surface area contributed by atoms with Gasteiger partial charge in [-0.25, -0.2) is 8.42 Å². The van der Waals surface area contributed by atoms with E-state index in [9.17, 15) is 13.5 Å². The largest absolute Gasteiger partial charge is 0.391 e. The molecule has 3 rings (SSSR count). The van der Waals surface area contributed by atoms with Crippen LogP contribution in [0.5, 0.6) is 0 Å². The fraction of sp³-hybridized carbons (Fsp3) is 0.714. The molecule has 0 bridgehead atoms. The van der Waals surface area contributed by atoms with Crippen molar-refractivity contribution in [3.63, 3.8) is 0 Å². The van der Waals surface area contributed by atoms with Crippen molar-refractivity contribution in [2.24, 2.45) is 5.41 Å². The molecule has 0 atom stereocenters. The number of hydrogen-bond acceptors (Lipinski definition) is 4. The lowest BCUT2D eigenvalue weighted by atomic mass is 9.78. The van der Waals surface area contributed by atoms with Gasteiger partial charge in [-0.3, -0.25) is 0 Å². The lowest BCUT2D eigenvalue weighted by molar-refractivity contribution is 0.160. The van der Waals surface area contributed by atoms with Crippen LogP contribution < -0.4 is 0 Å². The van der Waals surface area contributed by atoms with Crippen molar-refractivity contribution in [1.29, 1.82) is 0 Å². The smallest absolute Gasteiger partial charge is 0.244 e. The van der Waals surface area contributed by atoms with Gasteiger partial charge in [0, 0.05) is 18.0 Å². The van der Waals surface area contributed by atoms with Crippen LogP contribution in [-0.4, -0.2) is 30.9 Å². The summed E-state index contributed by atoms with van der Waals surface area (Å²) < 4.78 is 26.9. The van der Waals surface area contributed by atoms with E-state index in [4.69, 9.17) is 0 Å². The highest BCUT2D eigenvalue weighted by atomic mass is 32.2. The second-order valence-electron chi connectivity index (χ2n) is 5.98. The van der Waals surface area contributed by atoms with Gasteiger partial charge < -0.3 is 5.11 Å². The van der Waals surface area contributed by atoms with Crippen LogP contribution in [-0.2, 0) is 16.6 Å². The predicted octanol–water partition coefficient (Wildman–Crippen LogP) is 2.59. The van der Waals surface area contributed by atoms with Crippen LogP contribution in [0, 0.1) is 5.41 Å². The van der Waals surface area contributed by atoms with Crippen LogP contribution in [0.3, 0.4) is 0 Å². The summed E-state index contributed by atoms with van der Waals surface area (Å²) in [6.45, 7) is 1.05. The molecular weight excluding hydrogens is 294 g/mol. The van der Waals surface area contributed by atoms with Gasteiger partial charge in [0.1, 0.15) is 0 Å². The minimum absolute atomic E-state index is 0.204. The Morgan fingerprint density at radius 3 is 2.45 bits per heavy atom. The molecule has 1 aliphatic heterocycles. The minimum Gasteiger partial charge on any atom is -0.391 e. The lowest BCUT2D eigenvalue weighted by Crippen LogP contribution is -2.42. The lowest BCUT2D eigenvalue weighted by Gasteiger charge is -2.38. The van der Waals surface area contributed by atoms with E-state index in [0.29, 0.717) is 28.3 Å². The van der Waals surface area contributed by atoms with Crippen LogP contribution in [0.4, 0.5) is 0 Å². The average Bonchev–Trinajstić information content (AvgIpc) is 3.08. The zero-order valence-electron chi connectivity index (χ0n) is 11.5. The first kappa shape index (κ1) is 14.5. The molecule has 1 saturated heterocycles. The van der Waals surface area contributed by atoms with E-state index in [1.165, 1.54) is 37.0 Å². The van der Waals surface area contributed by atoms with Gasteiger partial charge in [-0.05, 0) is 42.5 Å².